The van der Waals surface area contributed by atoms with E-state index in [2.05, 4.69) is 15.6 Å². The van der Waals surface area contributed by atoms with E-state index in [1.165, 1.54) is 18.9 Å². The molecule has 4 rings (SSSR count). The molecule has 0 radical (unpaired) electrons. The van der Waals surface area contributed by atoms with E-state index in [4.69, 9.17) is 4.74 Å². The predicted molar refractivity (Wildman–Crippen MR) is 137 cm³/mol. The van der Waals surface area contributed by atoms with Gasteiger partial charge in [-0.2, -0.15) is 0 Å². The van der Waals surface area contributed by atoms with Gasteiger partial charge in [0.15, 0.2) is 5.16 Å². The Morgan fingerprint density at radius 2 is 1.63 bits per heavy atom. The lowest BCUT2D eigenvalue weighted by atomic mass is 10.2. The van der Waals surface area contributed by atoms with Crippen LogP contribution in [0.15, 0.2) is 78.0 Å². The van der Waals surface area contributed by atoms with E-state index in [1.54, 1.807) is 28.8 Å². The minimum Gasteiger partial charge on any atom is -0.465 e. The second kappa shape index (κ2) is 10.9. The van der Waals surface area contributed by atoms with E-state index in [0.717, 1.165) is 22.3 Å². The largest absolute Gasteiger partial charge is 0.465 e. The van der Waals surface area contributed by atoms with E-state index < -0.39 is 5.97 Å². The van der Waals surface area contributed by atoms with Crippen molar-refractivity contribution >= 4 is 52.0 Å². The van der Waals surface area contributed by atoms with Crippen LogP contribution in [-0.4, -0.2) is 40.2 Å². The molecule has 9 heteroatoms. The minimum absolute atomic E-state index is 0.0437. The fraction of sp³-hybridized carbons (Fsp3) is 0.154. The number of methoxy groups -OCH3 is 1. The van der Waals surface area contributed by atoms with Gasteiger partial charge in [0.25, 0.3) is 0 Å². The van der Waals surface area contributed by atoms with Gasteiger partial charge in [-0.1, -0.05) is 53.7 Å². The lowest BCUT2D eigenvalue weighted by Gasteiger charge is -2.12. The number of para-hydroxylation sites is 3. The summed E-state index contributed by atoms with van der Waals surface area (Å²) in [5.41, 5.74) is 3.95. The molecule has 4 aromatic rings. The van der Waals surface area contributed by atoms with Crippen LogP contribution >= 0.6 is 11.8 Å². The molecule has 35 heavy (non-hydrogen) atoms. The number of hydrogen-bond donors (Lipinski definition) is 2. The second-order valence-electron chi connectivity index (χ2n) is 7.76. The van der Waals surface area contributed by atoms with E-state index in [9.17, 15) is 14.4 Å². The van der Waals surface area contributed by atoms with Gasteiger partial charge in [0.2, 0.25) is 11.8 Å². The minimum atomic E-state index is -0.537. The molecule has 1 heterocycles. The first-order chi connectivity index (χ1) is 16.9. The molecule has 0 atom stereocenters. The van der Waals surface area contributed by atoms with Crippen molar-refractivity contribution in [1.29, 1.82) is 0 Å². The molecule has 2 N–H and O–H groups in total. The number of rotatable bonds is 8. The zero-order valence-electron chi connectivity index (χ0n) is 19.3. The summed E-state index contributed by atoms with van der Waals surface area (Å²) in [5, 5.41) is 6.19. The molecule has 0 unspecified atom stereocenters. The normalized spacial score (nSPS) is 10.7. The van der Waals surface area contributed by atoms with Gasteiger partial charge in [-0.3, -0.25) is 9.59 Å². The number of amides is 2. The van der Waals surface area contributed by atoms with Gasteiger partial charge in [0.1, 0.15) is 6.54 Å². The highest BCUT2D eigenvalue weighted by Crippen LogP contribution is 2.25. The van der Waals surface area contributed by atoms with E-state index in [0.29, 0.717) is 10.8 Å². The smallest absolute Gasteiger partial charge is 0.339 e. The zero-order chi connectivity index (χ0) is 24.8. The molecule has 1 aromatic heterocycles. The topological polar surface area (TPSA) is 102 Å². The van der Waals surface area contributed by atoms with Crippen LogP contribution in [0.4, 0.5) is 11.4 Å². The molecule has 178 valence electrons. The Labute approximate surface area is 206 Å². The van der Waals surface area contributed by atoms with Crippen LogP contribution in [0.25, 0.3) is 11.0 Å². The van der Waals surface area contributed by atoms with Crippen LogP contribution < -0.4 is 10.6 Å². The maximum Gasteiger partial charge on any atom is 0.339 e. The van der Waals surface area contributed by atoms with Gasteiger partial charge >= 0.3 is 5.97 Å². The number of nitrogens with one attached hydrogen (secondary N) is 2. The predicted octanol–water partition coefficient (Wildman–Crippen LogP) is 4.50. The van der Waals surface area contributed by atoms with Crippen LogP contribution in [0, 0.1) is 6.92 Å². The van der Waals surface area contributed by atoms with Gasteiger partial charge in [-0.05, 0) is 43.3 Å². The fourth-order valence-corrected chi connectivity index (χ4v) is 4.31. The average Bonchev–Trinajstić information content (AvgIpc) is 3.21. The number of anilines is 2. The molecule has 0 spiro atoms. The average molecular weight is 489 g/mol. The van der Waals surface area contributed by atoms with E-state index in [1.807, 2.05) is 55.5 Å². The lowest BCUT2D eigenvalue weighted by molar-refractivity contribution is -0.117. The van der Waals surface area contributed by atoms with Crippen molar-refractivity contribution in [2.45, 2.75) is 18.6 Å². The number of carbonyl (C=O) groups excluding carboxylic acids is 3. The molecule has 3 aromatic carbocycles. The van der Waals surface area contributed by atoms with Crippen molar-refractivity contribution in [2.24, 2.45) is 0 Å². The molecule has 0 aliphatic heterocycles. The maximum atomic E-state index is 12.9. The third kappa shape index (κ3) is 5.88. The second-order valence-corrected chi connectivity index (χ2v) is 8.70. The van der Waals surface area contributed by atoms with Crippen molar-refractivity contribution in [3.63, 3.8) is 0 Å². The van der Waals surface area contributed by atoms with Crippen LogP contribution in [0.3, 0.4) is 0 Å². The van der Waals surface area contributed by atoms with Crippen molar-refractivity contribution in [3.8, 4) is 0 Å². The fourth-order valence-electron chi connectivity index (χ4n) is 3.49. The quantitative estimate of drug-likeness (QED) is 0.280. The number of benzene rings is 3. The van der Waals surface area contributed by atoms with Crippen LogP contribution in [0.1, 0.15) is 15.9 Å². The monoisotopic (exact) mass is 488 g/mol. The van der Waals surface area contributed by atoms with Crippen molar-refractivity contribution in [1.82, 2.24) is 9.55 Å². The third-order valence-corrected chi connectivity index (χ3v) is 6.17. The summed E-state index contributed by atoms with van der Waals surface area (Å²) in [5.74, 6) is -0.918. The Morgan fingerprint density at radius 3 is 2.40 bits per heavy atom. The third-order valence-electron chi connectivity index (χ3n) is 5.20. The van der Waals surface area contributed by atoms with Gasteiger partial charge in [0.05, 0.1) is 35.1 Å². The van der Waals surface area contributed by atoms with Gasteiger partial charge < -0.3 is 19.9 Å². The number of aromatic nitrogens is 2. The summed E-state index contributed by atoms with van der Waals surface area (Å²) < 4.78 is 6.56. The molecule has 0 fully saturated rings. The Morgan fingerprint density at radius 1 is 0.914 bits per heavy atom. The summed E-state index contributed by atoms with van der Waals surface area (Å²) in [4.78, 5) is 42.1. The van der Waals surface area contributed by atoms with Crippen molar-refractivity contribution in [3.05, 3.63) is 83.9 Å². The summed E-state index contributed by atoms with van der Waals surface area (Å²) in [6, 6.07) is 21.7. The summed E-state index contributed by atoms with van der Waals surface area (Å²) in [6.45, 7) is 1.94. The molecule has 0 aliphatic rings. The highest BCUT2D eigenvalue weighted by Gasteiger charge is 2.18. The molecule has 0 saturated heterocycles. The molecule has 0 bridgehead atoms. The number of esters is 1. The summed E-state index contributed by atoms with van der Waals surface area (Å²) in [7, 11) is 1.29. The highest BCUT2D eigenvalue weighted by atomic mass is 32.2. The number of hydrogen-bond acceptors (Lipinski definition) is 6. The van der Waals surface area contributed by atoms with Crippen molar-refractivity contribution < 1.29 is 19.1 Å². The Hall–Kier alpha value is -4.11. The molecular weight excluding hydrogens is 464 g/mol. The van der Waals surface area contributed by atoms with Gasteiger partial charge in [-0.15, -0.1) is 0 Å². The molecular formula is C26H24N4O4S. The lowest BCUT2D eigenvalue weighted by Crippen LogP contribution is -2.21. The number of aryl methyl sites for hydroxylation is 1. The Balaban J connectivity index is 1.50. The first-order valence-corrected chi connectivity index (χ1v) is 11.8. The van der Waals surface area contributed by atoms with E-state index >= 15 is 0 Å². The molecule has 0 saturated carbocycles. The number of fused-ring (bicyclic) bond motifs is 1. The van der Waals surface area contributed by atoms with E-state index in [-0.39, 0.29) is 29.7 Å². The number of ether oxygens (including phenoxy) is 1. The number of nitrogens with zero attached hydrogens (tertiary/aromatic N) is 2. The standard InChI is InChI=1S/C26H24N4O4S/c1-17-11-13-18(14-12-17)27-24(32)16-35-26-29-21-9-5-6-10-22(21)30(26)15-23(31)28-20-8-4-3-7-19(20)25(33)34-2/h3-14H,15-16H2,1-2H3,(H,27,32)(H,28,31). The van der Waals surface area contributed by atoms with Crippen LogP contribution in [-0.2, 0) is 20.9 Å². The summed E-state index contributed by atoms with van der Waals surface area (Å²) >= 11 is 1.25. The van der Waals surface area contributed by atoms with Gasteiger partial charge in [0, 0.05) is 5.69 Å². The Bertz CT molecular complexity index is 1380. The van der Waals surface area contributed by atoms with Crippen molar-refractivity contribution in [2.75, 3.05) is 23.5 Å². The number of imidazole rings is 1. The SMILES string of the molecule is COC(=O)c1ccccc1NC(=O)Cn1c(SCC(=O)Nc2ccc(C)cc2)nc2ccccc21. The molecule has 0 aliphatic carbocycles. The molecule has 2 amide bonds. The first-order valence-electron chi connectivity index (χ1n) is 10.9. The first kappa shape index (κ1) is 24.0. The zero-order valence-corrected chi connectivity index (χ0v) is 20.1. The molecule has 8 nitrogen and oxygen atoms in total. The van der Waals surface area contributed by atoms with Gasteiger partial charge in [-0.25, -0.2) is 9.78 Å². The Kier molecular flexibility index (Phi) is 7.47. The number of thioether (sulfide) groups is 1. The highest BCUT2D eigenvalue weighted by molar-refractivity contribution is 7.99. The maximum absolute atomic E-state index is 12.9. The summed E-state index contributed by atoms with van der Waals surface area (Å²) in [6.07, 6.45) is 0. The van der Waals surface area contributed by atoms with Crippen LogP contribution in [0.2, 0.25) is 0 Å². The number of carbonyl (C=O) groups is 3. The van der Waals surface area contributed by atoms with Crippen LogP contribution in [0.5, 0.6) is 0 Å².